The van der Waals surface area contributed by atoms with Crippen LogP contribution in [0.3, 0.4) is 0 Å². The molecule has 0 saturated heterocycles. The molecule has 0 aliphatic heterocycles. The number of ether oxygens (including phenoxy) is 1. The van der Waals surface area contributed by atoms with Crippen LogP contribution < -0.4 is 5.73 Å². The van der Waals surface area contributed by atoms with E-state index in [0.29, 0.717) is 18.3 Å². The van der Waals surface area contributed by atoms with Gasteiger partial charge in [0, 0.05) is 19.6 Å². The molecule has 0 radical (unpaired) electrons. The molecule has 74 valence electrons. The molecule has 0 spiro atoms. The monoisotopic (exact) mass is 185 g/mol. The molecule has 1 rings (SSSR count). The van der Waals surface area contributed by atoms with E-state index in [9.17, 15) is 0 Å². The van der Waals surface area contributed by atoms with Crippen LogP contribution in [0.1, 0.15) is 37.6 Å². The lowest BCUT2D eigenvalue weighted by molar-refractivity contribution is 0.0804. The molecule has 0 aliphatic carbocycles. The van der Waals surface area contributed by atoms with Gasteiger partial charge in [-0.15, -0.1) is 0 Å². The summed E-state index contributed by atoms with van der Waals surface area (Å²) < 4.78 is 10.1. The van der Waals surface area contributed by atoms with Crippen LogP contribution in [0, 0.1) is 0 Å². The van der Waals surface area contributed by atoms with Crippen molar-refractivity contribution in [3.8, 4) is 0 Å². The zero-order chi connectivity index (χ0) is 9.84. The summed E-state index contributed by atoms with van der Waals surface area (Å²) in [5.74, 6) is 1.40. The van der Waals surface area contributed by atoms with E-state index in [1.165, 1.54) is 0 Å². The lowest BCUT2D eigenvalue weighted by Gasteiger charge is -2.05. The first kappa shape index (κ1) is 10.1. The summed E-state index contributed by atoms with van der Waals surface area (Å²) >= 11 is 0. The van der Waals surface area contributed by atoms with E-state index in [4.69, 9.17) is 15.0 Å². The maximum Gasteiger partial charge on any atom is 0.257 e. The Morgan fingerprint density at radius 3 is 2.62 bits per heavy atom. The molecule has 0 amide bonds. The van der Waals surface area contributed by atoms with Crippen molar-refractivity contribution in [3.05, 3.63) is 11.7 Å². The van der Waals surface area contributed by atoms with Crippen LogP contribution in [0.15, 0.2) is 4.52 Å². The Bertz CT molecular complexity index is 256. The molecular weight excluding hydrogens is 170 g/mol. The zero-order valence-corrected chi connectivity index (χ0v) is 8.15. The average Bonchev–Trinajstić information content (AvgIpc) is 2.56. The van der Waals surface area contributed by atoms with Gasteiger partial charge in [0.1, 0.15) is 6.10 Å². The van der Waals surface area contributed by atoms with Gasteiger partial charge < -0.3 is 15.0 Å². The molecule has 0 bridgehead atoms. The van der Waals surface area contributed by atoms with E-state index >= 15 is 0 Å². The van der Waals surface area contributed by atoms with Crippen molar-refractivity contribution < 1.29 is 9.26 Å². The molecule has 13 heavy (non-hydrogen) atoms. The van der Waals surface area contributed by atoms with E-state index in [-0.39, 0.29) is 12.0 Å². The SMILES string of the molecule is COC(CN)c1nc(C(C)C)no1. The average molecular weight is 185 g/mol. The van der Waals surface area contributed by atoms with Crippen LogP contribution in [-0.4, -0.2) is 23.8 Å². The van der Waals surface area contributed by atoms with Gasteiger partial charge in [-0.3, -0.25) is 0 Å². The molecule has 1 unspecified atom stereocenters. The van der Waals surface area contributed by atoms with E-state index in [1.54, 1.807) is 7.11 Å². The molecule has 0 fully saturated rings. The highest BCUT2D eigenvalue weighted by atomic mass is 16.5. The molecule has 5 nitrogen and oxygen atoms in total. The van der Waals surface area contributed by atoms with Gasteiger partial charge in [-0.2, -0.15) is 4.98 Å². The van der Waals surface area contributed by atoms with Gasteiger partial charge >= 0.3 is 0 Å². The van der Waals surface area contributed by atoms with Crippen LogP contribution in [-0.2, 0) is 4.74 Å². The van der Waals surface area contributed by atoms with Crippen molar-refractivity contribution in [2.24, 2.45) is 5.73 Å². The molecular formula is C8H15N3O2. The highest BCUT2D eigenvalue weighted by Crippen LogP contribution is 2.16. The molecule has 0 aromatic carbocycles. The molecule has 1 aromatic rings. The summed E-state index contributed by atoms with van der Waals surface area (Å²) in [6, 6.07) is 0. The lowest BCUT2D eigenvalue weighted by Crippen LogP contribution is -2.14. The smallest absolute Gasteiger partial charge is 0.257 e. The Kier molecular flexibility index (Phi) is 3.39. The van der Waals surface area contributed by atoms with Crippen LogP contribution in [0.4, 0.5) is 0 Å². The number of aromatic nitrogens is 2. The predicted molar refractivity (Wildman–Crippen MR) is 47.2 cm³/mol. The first-order valence-electron chi connectivity index (χ1n) is 4.25. The number of hydrogen-bond donors (Lipinski definition) is 1. The summed E-state index contributed by atoms with van der Waals surface area (Å²) in [4.78, 5) is 4.17. The second kappa shape index (κ2) is 4.34. The summed E-state index contributed by atoms with van der Waals surface area (Å²) in [7, 11) is 1.57. The fourth-order valence-corrected chi connectivity index (χ4v) is 0.910. The number of hydrogen-bond acceptors (Lipinski definition) is 5. The summed E-state index contributed by atoms with van der Waals surface area (Å²) in [6.07, 6.45) is -0.292. The Labute approximate surface area is 77.3 Å². The largest absolute Gasteiger partial charge is 0.370 e. The standard InChI is InChI=1S/C8H15N3O2/c1-5(2)7-10-8(13-11-7)6(4-9)12-3/h5-6H,4,9H2,1-3H3. The van der Waals surface area contributed by atoms with Crippen LogP contribution in [0.5, 0.6) is 0 Å². The number of nitrogens with zero attached hydrogens (tertiary/aromatic N) is 2. The van der Waals surface area contributed by atoms with E-state index < -0.39 is 0 Å². The third-order valence-corrected chi connectivity index (χ3v) is 1.75. The quantitative estimate of drug-likeness (QED) is 0.752. The van der Waals surface area contributed by atoms with Gasteiger partial charge in [0.25, 0.3) is 5.89 Å². The highest BCUT2D eigenvalue weighted by Gasteiger charge is 2.17. The van der Waals surface area contributed by atoms with Crippen molar-refractivity contribution >= 4 is 0 Å². The highest BCUT2D eigenvalue weighted by molar-refractivity contribution is 4.94. The fourth-order valence-electron chi connectivity index (χ4n) is 0.910. The topological polar surface area (TPSA) is 74.2 Å². The van der Waals surface area contributed by atoms with Crippen LogP contribution >= 0.6 is 0 Å². The van der Waals surface area contributed by atoms with Crippen molar-refractivity contribution in [1.29, 1.82) is 0 Å². The lowest BCUT2D eigenvalue weighted by atomic mass is 10.2. The van der Waals surface area contributed by atoms with Crippen molar-refractivity contribution in [3.63, 3.8) is 0 Å². The van der Waals surface area contributed by atoms with Gasteiger partial charge in [-0.05, 0) is 0 Å². The molecule has 0 saturated carbocycles. The summed E-state index contributed by atoms with van der Waals surface area (Å²) in [5, 5.41) is 3.81. The molecule has 1 atom stereocenters. The van der Waals surface area contributed by atoms with Gasteiger partial charge in [-0.25, -0.2) is 0 Å². The van der Waals surface area contributed by atoms with Gasteiger partial charge in [-0.1, -0.05) is 19.0 Å². The minimum Gasteiger partial charge on any atom is -0.370 e. The third-order valence-electron chi connectivity index (χ3n) is 1.75. The van der Waals surface area contributed by atoms with Crippen LogP contribution in [0.25, 0.3) is 0 Å². The molecule has 1 heterocycles. The third kappa shape index (κ3) is 2.26. The van der Waals surface area contributed by atoms with Crippen molar-refractivity contribution in [2.45, 2.75) is 25.9 Å². The normalized spacial score (nSPS) is 13.6. The minimum atomic E-state index is -0.292. The van der Waals surface area contributed by atoms with E-state index in [2.05, 4.69) is 10.1 Å². The first-order valence-corrected chi connectivity index (χ1v) is 4.25. The van der Waals surface area contributed by atoms with Crippen molar-refractivity contribution in [2.75, 3.05) is 13.7 Å². The van der Waals surface area contributed by atoms with Gasteiger partial charge in [0.05, 0.1) is 0 Å². The van der Waals surface area contributed by atoms with Gasteiger partial charge in [0.2, 0.25) is 0 Å². The minimum absolute atomic E-state index is 0.257. The Hall–Kier alpha value is -0.940. The van der Waals surface area contributed by atoms with Crippen molar-refractivity contribution in [1.82, 2.24) is 10.1 Å². The second-order valence-electron chi connectivity index (χ2n) is 3.11. The van der Waals surface area contributed by atoms with Gasteiger partial charge in [0.15, 0.2) is 5.82 Å². The molecule has 5 heteroatoms. The van der Waals surface area contributed by atoms with E-state index in [1.807, 2.05) is 13.8 Å². The fraction of sp³-hybridized carbons (Fsp3) is 0.750. The maximum absolute atomic E-state index is 5.45. The zero-order valence-electron chi connectivity index (χ0n) is 8.15. The number of rotatable bonds is 4. The van der Waals surface area contributed by atoms with E-state index in [0.717, 1.165) is 0 Å². The Balaban J connectivity index is 2.78. The molecule has 2 N–H and O–H groups in total. The predicted octanol–water partition coefficient (Wildman–Crippen LogP) is 0.839. The molecule has 0 aliphatic rings. The Morgan fingerprint density at radius 2 is 2.23 bits per heavy atom. The van der Waals surface area contributed by atoms with Crippen LogP contribution in [0.2, 0.25) is 0 Å². The number of methoxy groups -OCH3 is 1. The second-order valence-corrected chi connectivity index (χ2v) is 3.11. The summed E-state index contributed by atoms with van der Waals surface area (Å²) in [6.45, 7) is 4.34. The summed E-state index contributed by atoms with van der Waals surface area (Å²) in [5.41, 5.74) is 5.45. The molecule has 1 aromatic heterocycles. The maximum atomic E-state index is 5.45. The Morgan fingerprint density at radius 1 is 1.54 bits per heavy atom. The first-order chi connectivity index (χ1) is 6.19. The number of nitrogens with two attached hydrogens (primary N) is 1.